The summed E-state index contributed by atoms with van der Waals surface area (Å²) < 4.78 is 47.6. The number of thiocarbonyl (C=S) groups is 1. The largest absolute Gasteiger partial charge is 0.493 e. The smallest absolute Gasteiger partial charge is 0.417 e. The second kappa shape index (κ2) is 18.8. The SMILES string of the molecule is CCc1cc(N2C(=S)N(c3ccc(C#N)c(C(F)(F)F)c3)C(=O)C2(C)C)ccc1OCCC1CCN([C@H](C)C(=O)Nc2cc(Cl)cc(NC3CCC(=O)NC3=O)c2)CC1.Cl. The third-order valence-electron chi connectivity index (χ3n) is 11.1. The van der Waals surface area contributed by atoms with Crippen molar-refractivity contribution in [3.05, 3.63) is 76.3 Å². The monoisotopic (exact) mass is 887 g/mol. The minimum atomic E-state index is -4.80. The van der Waals surface area contributed by atoms with Gasteiger partial charge in [0.2, 0.25) is 17.7 Å². The molecule has 0 spiro atoms. The molecule has 3 fully saturated rings. The number of carbonyl (C=O) groups excluding carboxylic acids is 4. The number of anilines is 4. The number of carbonyl (C=O) groups is 4. The van der Waals surface area contributed by atoms with Crippen molar-refractivity contribution in [2.24, 2.45) is 5.92 Å². The van der Waals surface area contributed by atoms with Gasteiger partial charge in [-0.05, 0) is 144 Å². The topological polar surface area (TPSA) is 147 Å². The van der Waals surface area contributed by atoms with Crippen molar-refractivity contribution in [2.45, 2.75) is 90.0 Å². The van der Waals surface area contributed by atoms with Gasteiger partial charge in [0.1, 0.15) is 17.3 Å². The van der Waals surface area contributed by atoms with E-state index >= 15 is 0 Å². The Bertz CT molecular complexity index is 2210. The normalized spacial score (nSPS) is 19.0. The van der Waals surface area contributed by atoms with E-state index in [9.17, 15) is 37.6 Å². The van der Waals surface area contributed by atoms with Crippen LogP contribution in [0.15, 0.2) is 54.6 Å². The number of nitrogens with zero attached hydrogens (tertiary/aromatic N) is 4. The zero-order valence-electron chi connectivity index (χ0n) is 33.5. The first-order valence-electron chi connectivity index (χ1n) is 19.4. The predicted molar refractivity (Wildman–Crippen MR) is 230 cm³/mol. The Morgan fingerprint density at radius 2 is 1.73 bits per heavy atom. The van der Waals surface area contributed by atoms with Gasteiger partial charge in [-0.1, -0.05) is 18.5 Å². The molecule has 0 radical (unpaired) electrons. The van der Waals surface area contributed by atoms with Crippen LogP contribution in [-0.4, -0.2) is 71.0 Å². The molecule has 4 amide bonds. The molecule has 3 aliphatic heterocycles. The van der Waals surface area contributed by atoms with Gasteiger partial charge in [-0.15, -0.1) is 12.4 Å². The van der Waals surface area contributed by atoms with E-state index < -0.39 is 46.7 Å². The summed E-state index contributed by atoms with van der Waals surface area (Å²) in [4.78, 5) is 55.6. The van der Waals surface area contributed by atoms with Crippen LogP contribution in [0.25, 0.3) is 0 Å². The molecule has 0 bridgehead atoms. The first-order chi connectivity index (χ1) is 27.9. The lowest BCUT2D eigenvalue weighted by atomic mass is 9.93. The second-order valence-electron chi connectivity index (χ2n) is 15.5. The highest BCUT2D eigenvalue weighted by atomic mass is 35.5. The fourth-order valence-electron chi connectivity index (χ4n) is 7.74. The summed E-state index contributed by atoms with van der Waals surface area (Å²) in [7, 11) is 0. The third kappa shape index (κ3) is 9.97. The Morgan fingerprint density at radius 3 is 2.38 bits per heavy atom. The molecule has 2 atom stereocenters. The molecule has 3 saturated heterocycles. The third-order valence-corrected chi connectivity index (χ3v) is 11.7. The fraction of sp³-hybridized carbons (Fsp3) is 0.429. The van der Waals surface area contributed by atoms with E-state index in [-0.39, 0.29) is 41.4 Å². The number of alkyl halides is 3. The van der Waals surface area contributed by atoms with Crippen LogP contribution in [0, 0.1) is 17.2 Å². The number of likely N-dealkylation sites (tertiary alicyclic amines) is 1. The fourth-order valence-corrected chi connectivity index (χ4v) is 8.49. The lowest BCUT2D eigenvalue weighted by molar-refractivity contribution is -0.138. The molecule has 12 nitrogen and oxygen atoms in total. The van der Waals surface area contributed by atoms with Gasteiger partial charge >= 0.3 is 6.18 Å². The van der Waals surface area contributed by atoms with Crippen LogP contribution >= 0.6 is 36.2 Å². The first-order valence-corrected chi connectivity index (χ1v) is 20.2. The summed E-state index contributed by atoms with van der Waals surface area (Å²) in [5.41, 5.74) is -0.479. The summed E-state index contributed by atoms with van der Waals surface area (Å²) in [5, 5.41) is 18.0. The van der Waals surface area contributed by atoms with Crippen LogP contribution in [0.5, 0.6) is 5.75 Å². The molecule has 3 aliphatic rings. The minimum Gasteiger partial charge on any atom is -0.493 e. The van der Waals surface area contributed by atoms with Gasteiger partial charge in [0.05, 0.1) is 35.5 Å². The minimum absolute atomic E-state index is 0. The molecule has 3 N–H and O–H groups in total. The zero-order valence-corrected chi connectivity index (χ0v) is 35.8. The number of hydrogen-bond donors (Lipinski definition) is 3. The molecule has 320 valence electrons. The van der Waals surface area contributed by atoms with Crippen molar-refractivity contribution < 1.29 is 37.1 Å². The zero-order chi connectivity index (χ0) is 42.8. The number of halogens is 5. The lowest BCUT2D eigenvalue weighted by Crippen LogP contribution is -2.47. The summed E-state index contributed by atoms with van der Waals surface area (Å²) in [6.45, 7) is 9.08. The number of nitrogens with one attached hydrogen (secondary N) is 3. The molecule has 1 unspecified atom stereocenters. The van der Waals surface area contributed by atoms with Crippen molar-refractivity contribution in [3.63, 3.8) is 0 Å². The maximum Gasteiger partial charge on any atom is 0.417 e. The van der Waals surface area contributed by atoms with Crippen molar-refractivity contribution in [1.29, 1.82) is 5.26 Å². The Morgan fingerprint density at radius 1 is 1.05 bits per heavy atom. The maximum absolute atomic E-state index is 13.8. The first kappa shape index (κ1) is 46.1. The van der Waals surface area contributed by atoms with Crippen LogP contribution in [0.4, 0.5) is 35.9 Å². The van der Waals surface area contributed by atoms with Gasteiger partial charge in [-0.3, -0.25) is 34.3 Å². The number of ether oxygens (including phenoxy) is 1. The molecule has 0 saturated carbocycles. The van der Waals surface area contributed by atoms with E-state index in [0.29, 0.717) is 53.2 Å². The molecule has 18 heteroatoms. The number of aryl methyl sites for hydroxylation is 1. The van der Waals surface area contributed by atoms with Crippen LogP contribution in [-0.2, 0) is 31.8 Å². The Kier molecular flexibility index (Phi) is 14.4. The number of nitriles is 1. The molecule has 3 heterocycles. The molecule has 0 aliphatic carbocycles. The van der Waals surface area contributed by atoms with Crippen molar-refractivity contribution >= 4 is 87.7 Å². The van der Waals surface area contributed by atoms with Crippen LogP contribution < -0.4 is 30.5 Å². The second-order valence-corrected chi connectivity index (χ2v) is 16.3. The number of amides is 4. The average Bonchev–Trinajstić information content (AvgIpc) is 3.36. The van der Waals surface area contributed by atoms with Gasteiger partial charge in [-0.25, -0.2) is 0 Å². The molecule has 3 aromatic carbocycles. The highest BCUT2D eigenvalue weighted by Crippen LogP contribution is 2.41. The number of hydrogen-bond acceptors (Lipinski definition) is 9. The summed E-state index contributed by atoms with van der Waals surface area (Å²) in [6, 6.07) is 14.2. The average molecular weight is 889 g/mol. The summed E-state index contributed by atoms with van der Waals surface area (Å²) in [6.07, 6.45) is -1.03. The van der Waals surface area contributed by atoms with Crippen LogP contribution in [0.3, 0.4) is 0 Å². The number of piperidine rings is 2. The predicted octanol–water partition coefficient (Wildman–Crippen LogP) is 7.86. The number of imide groups is 1. The maximum atomic E-state index is 13.8. The highest BCUT2D eigenvalue weighted by Gasteiger charge is 2.51. The molecular weight excluding hydrogens is 842 g/mol. The van der Waals surface area contributed by atoms with Gasteiger partial charge in [0.25, 0.3) is 5.91 Å². The highest BCUT2D eigenvalue weighted by molar-refractivity contribution is 7.81. The molecule has 60 heavy (non-hydrogen) atoms. The number of rotatable bonds is 12. The summed E-state index contributed by atoms with van der Waals surface area (Å²) in [5.74, 6) is -0.327. The van der Waals surface area contributed by atoms with Crippen molar-refractivity contribution in [3.8, 4) is 11.8 Å². The van der Waals surface area contributed by atoms with Crippen LogP contribution in [0.2, 0.25) is 5.02 Å². The van der Waals surface area contributed by atoms with Gasteiger partial charge in [0, 0.05) is 28.5 Å². The van der Waals surface area contributed by atoms with E-state index in [2.05, 4.69) is 20.9 Å². The van der Waals surface area contributed by atoms with E-state index in [0.717, 1.165) is 54.9 Å². The number of benzene rings is 3. The van der Waals surface area contributed by atoms with Crippen molar-refractivity contribution in [1.82, 2.24) is 10.2 Å². The van der Waals surface area contributed by atoms with Crippen LogP contribution in [0.1, 0.15) is 76.5 Å². The summed E-state index contributed by atoms with van der Waals surface area (Å²) >= 11 is 12.0. The van der Waals surface area contributed by atoms with E-state index in [1.807, 2.05) is 26.0 Å². The van der Waals surface area contributed by atoms with E-state index in [1.54, 1.807) is 49.1 Å². The van der Waals surface area contributed by atoms with Crippen molar-refractivity contribution in [2.75, 3.05) is 40.1 Å². The quantitative estimate of drug-likeness (QED) is 0.121. The molecule has 0 aromatic heterocycles. The molecule has 3 aromatic rings. The van der Waals surface area contributed by atoms with Gasteiger partial charge in [0.15, 0.2) is 5.11 Å². The molecular formula is C42H46Cl2F3N7O5S. The van der Waals surface area contributed by atoms with Gasteiger partial charge in [-0.2, -0.15) is 18.4 Å². The van der Waals surface area contributed by atoms with Gasteiger partial charge < -0.3 is 20.3 Å². The lowest BCUT2D eigenvalue weighted by Gasteiger charge is -2.35. The van der Waals surface area contributed by atoms with E-state index in [1.165, 1.54) is 6.07 Å². The van der Waals surface area contributed by atoms with E-state index in [4.69, 9.17) is 28.6 Å². The Balaban J connectivity index is 0.00000683. The standard InChI is InChI=1S/C42H45ClF3N7O5S.ClH/c1-5-26-18-32(53-40(59)52(39(57)41(53,3)4)31-7-6-27(23-47)33(22-31)42(44,45)46)8-10-35(26)58-17-14-25-12-15-51(16-13-25)24(2)37(55)49-30-20-28(43)19-29(21-30)48-34-9-11-36(54)50-38(34)56;/h6-8,10,18-22,24-25,34,48H,5,9,11-17H2,1-4H3,(H,49,55)(H,50,54,56);1H/t24-,34?;/m1./s1. The molecule has 6 rings (SSSR count). The Labute approximate surface area is 363 Å². The Hall–Kier alpha value is -4.95.